The summed E-state index contributed by atoms with van der Waals surface area (Å²) in [4.78, 5) is 9.58. The largest absolute Gasteiger partial charge is 0.490 e. The highest BCUT2D eigenvalue weighted by atomic mass is 19.3. The summed E-state index contributed by atoms with van der Waals surface area (Å²) < 4.78 is 36.0. The monoisotopic (exact) mass is 411 g/mol. The normalized spacial score (nSPS) is 23.9. The molecule has 1 aromatic carbocycles. The van der Waals surface area contributed by atoms with Gasteiger partial charge in [0.25, 0.3) is 0 Å². The molecule has 29 heavy (non-hydrogen) atoms. The van der Waals surface area contributed by atoms with Gasteiger partial charge in [0, 0.05) is 57.4 Å². The molecule has 4 rings (SSSR count). The topological polar surface area (TPSA) is 61.4 Å². The van der Waals surface area contributed by atoms with Crippen LogP contribution in [0.25, 0.3) is 0 Å². The van der Waals surface area contributed by atoms with E-state index in [0.29, 0.717) is 36.5 Å². The van der Waals surface area contributed by atoms with Crippen LogP contribution in [0.1, 0.15) is 19.4 Å². The van der Waals surface area contributed by atoms with E-state index in [9.17, 15) is 8.78 Å². The molecule has 0 amide bonds. The van der Waals surface area contributed by atoms with Crippen LogP contribution in [0.2, 0.25) is 0 Å². The standard InChI is InChI=1S/C20H31F2N5O2/c1-3-23-20(25-13-16-14-26-8-10-27(16)11-9-26)24-12-15-6-5-7-17(28-4-2)18(15)29-19(21)22/h5-7,16,19H,3-4,8-14H2,1-2H3,(H2,23,24,25). The molecule has 3 heterocycles. The van der Waals surface area contributed by atoms with Gasteiger partial charge in [-0.3, -0.25) is 9.80 Å². The minimum Gasteiger partial charge on any atom is -0.490 e. The second-order valence-corrected chi connectivity index (χ2v) is 7.12. The number of alkyl halides is 2. The summed E-state index contributed by atoms with van der Waals surface area (Å²) in [6.07, 6.45) is 0. The van der Waals surface area contributed by atoms with Crippen LogP contribution >= 0.6 is 0 Å². The number of piperazine rings is 3. The molecule has 3 fully saturated rings. The van der Waals surface area contributed by atoms with E-state index in [-0.39, 0.29) is 12.3 Å². The number of halogens is 2. The van der Waals surface area contributed by atoms with Crippen molar-refractivity contribution in [2.45, 2.75) is 33.0 Å². The third kappa shape index (κ3) is 5.93. The van der Waals surface area contributed by atoms with E-state index < -0.39 is 6.61 Å². The molecule has 2 bridgehead atoms. The fourth-order valence-electron chi connectivity index (χ4n) is 3.82. The predicted molar refractivity (Wildman–Crippen MR) is 109 cm³/mol. The molecule has 0 spiro atoms. The molecule has 3 aliphatic rings. The number of para-hydroxylation sites is 1. The number of hydrogen-bond acceptors (Lipinski definition) is 5. The minimum atomic E-state index is -2.92. The van der Waals surface area contributed by atoms with E-state index in [1.807, 2.05) is 6.92 Å². The second kappa shape index (κ2) is 10.6. The Morgan fingerprint density at radius 1 is 1.21 bits per heavy atom. The summed E-state index contributed by atoms with van der Waals surface area (Å²) in [5.74, 6) is 1.01. The van der Waals surface area contributed by atoms with Crippen molar-refractivity contribution >= 4 is 5.96 Å². The summed E-state index contributed by atoms with van der Waals surface area (Å²) in [7, 11) is 0. The summed E-state index contributed by atoms with van der Waals surface area (Å²) in [6.45, 7) is 8.53. The van der Waals surface area contributed by atoms with Crippen LogP contribution in [0, 0.1) is 0 Å². The number of nitrogens with one attached hydrogen (secondary N) is 2. The molecule has 7 nitrogen and oxygen atoms in total. The highest BCUT2D eigenvalue weighted by molar-refractivity contribution is 5.79. The zero-order valence-corrected chi connectivity index (χ0v) is 17.2. The van der Waals surface area contributed by atoms with Gasteiger partial charge in [-0.1, -0.05) is 12.1 Å². The van der Waals surface area contributed by atoms with E-state index in [4.69, 9.17) is 9.47 Å². The first-order valence-corrected chi connectivity index (χ1v) is 10.3. The van der Waals surface area contributed by atoms with Crippen LogP contribution in [0.4, 0.5) is 8.78 Å². The molecule has 9 heteroatoms. The Kier molecular flexibility index (Phi) is 7.88. The van der Waals surface area contributed by atoms with Crippen molar-refractivity contribution in [2.24, 2.45) is 4.99 Å². The lowest BCUT2D eigenvalue weighted by Gasteiger charge is -2.47. The first-order valence-electron chi connectivity index (χ1n) is 10.3. The van der Waals surface area contributed by atoms with Gasteiger partial charge in [0.05, 0.1) is 13.2 Å². The Bertz CT molecular complexity index is 681. The molecule has 0 radical (unpaired) electrons. The maximum Gasteiger partial charge on any atom is 0.387 e. The van der Waals surface area contributed by atoms with Crippen LogP contribution in [0.15, 0.2) is 23.2 Å². The molecule has 2 N–H and O–H groups in total. The third-order valence-corrected chi connectivity index (χ3v) is 5.22. The fraction of sp³-hybridized carbons (Fsp3) is 0.650. The zero-order valence-electron chi connectivity index (χ0n) is 17.2. The Morgan fingerprint density at radius 3 is 2.62 bits per heavy atom. The van der Waals surface area contributed by atoms with Crippen LogP contribution in [-0.2, 0) is 6.54 Å². The number of ether oxygens (including phenoxy) is 2. The molecule has 3 saturated heterocycles. The van der Waals surface area contributed by atoms with Crippen molar-refractivity contribution in [1.29, 1.82) is 0 Å². The van der Waals surface area contributed by atoms with E-state index in [1.54, 1.807) is 25.1 Å². The number of hydrogen-bond donors (Lipinski definition) is 2. The van der Waals surface area contributed by atoms with Crippen LogP contribution < -0.4 is 20.1 Å². The Labute approximate surface area is 171 Å². The predicted octanol–water partition coefficient (Wildman–Crippen LogP) is 1.74. The van der Waals surface area contributed by atoms with Crippen molar-refractivity contribution in [3.05, 3.63) is 23.8 Å². The van der Waals surface area contributed by atoms with Gasteiger partial charge < -0.3 is 20.1 Å². The van der Waals surface area contributed by atoms with Crippen LogP contribution in [-0.4, -0.2) is 80.8 Å². The molecule has 0 aliphatic carbocycles. The van der Waals surface area contributed by atoms with Gasteiger partial charge in [-0.25, -0.2) is 4.99 Å². The number of nitrogens with zero attached hydrogens (tertiary/aromatic N) is 3. The maximum atomic E-state index is 12.9. The number of aliphatic imine (C=N–C) groups is 1. The number of guanidine groups is 1. The third-order valence-electron chi connectivity index (χ3n) is 5.22. The van der Waals surface area contributed by atoms with Crippen LogP contribution in [0.5, 0.6) is 11.5 Å². The van der Waals surface area contributed by atoms with Gasteiger partial charge in [0.15, 0.2) is 17.5 Å². The quantitative estimate of drug-likeness (QED) is 0.477. The van der Waals surface area contributed by atoms with E-state index in [0.717, 1.165) is 39.3 Å². The van der Waals surface area contributed by atoms with Gasteiger partial charge in [-0.15, -0.1) is 0 Å². The Morgan fingerprint density at radius 2 is 2.00 bits per heavy atom. The van der Waals surface area contributed by atoms with Crippen molar-refractivity contribution < 1.29 is 18.3 Å². The molecule has 1 unspecified atom stereocenters. The first kappa shape index (κ1) is 21.6. The first-order chi connectivity index (χ1) is 14.1. The zero-order chi connectivity index (χ0) is 20.6. The van der Waals surface area contributed by atoms with Gasteiger partial charge in [0.1, 0.15) is 0 Å². The van der Waals surface area contributed by atoms with Crippen LogP contribution in [0.3, 0.4) is 0 Å². The molecule has 1 aromatic rings. The lowest BCUT2D eigenvalue weighted by Crippen LogP contribution is -2.63. The molecule has 3 aliphatic heterocycles. The SMILES string of the molecule is CCNC(=NCc1cccc(OCC)c1OC(F)F)NCC1CN2CCN1CC2. The van der Waals surface area contributed by atoms with Gasteiger partial charge in [-0.2, -0.15) is 8.78 Å². The second-order valence-electron chi connectivity index (χ2n) is 7.12. The van der Waals surface area contributed by atoms with Gasteiger partial charge >= 0.3 is 6.61 Å². The minimum absolute atomic E-state index is 0.0486. The maximum absolute atomic E-state index is 12.9. The van der Waals surface area contributed by atoms with Crippen molar-refractivity contribution in [2.75, 3.05) is 52.4 Å². The number of benzene rings is 1. The van der Waals surface area contributed by atoms with E-state index in [2.05, 4.69) is 25.4 Å². The average Bonchev–Trinajstić information content (AvgIpc) is 2.72. The molecular weight excluding hydrogens is 380 g/mol. The van der Waals surface area contributed by atoms with Crippen molar-refractivity contribution in [3.8, 4) is 11.5 Å². The molecule has 0 saturated carbocycles. The molecular formula is C20H31F2N5O2. The summed E-state index contributed by atoms with van der Waals surface area (Å²) >= 11 is 0. The van der Waals surface area contributed by atoms with E-state index in [1.165, 1.54) is 0 Å². The highest BCUT2D eigenvalue weighted by Gasteiger charge is 2.31. The van der Waals surface area contributed by atoms with Gasteiger partial charge in [0.2, 0.25) is 0 Å². The summed E-state index contributed by atoms with van der Waals surface area (Å²) in [5, 5.41) is 6.62. The molecule has 162 valence electrons. The Balaban J connectivity index is 1.67. The van der Waals surface area contributed by atoms with Gasteiger partial charge in [-0.05, 0) is 19.9 Å². The smallest absolute Gasteiger partial charge is 0.387 e. The van der Waals surface area contributed by atoms with Crippen molar-refractivity contribution in [1.82, 2.24) is 20.4 Å². The molecule has 0 aromatic heterocycles. The lowest BCUT2D eigenvalue weighted by atomic mass is 10.1. The Hall–Kier alpha value is -2.13. The lowest BCUT2D eigenvalue weighted by molar-refractivity contribution is -0.0520. The van der Waals surface area contributed by atoms with Crippen molar-refractivity contribution in [3.63, 3.8) is 0 Å². The number of fused-ring (bicyclic) bond motifs is 3. The summed E-state index contributed by atoms with van der Waals surface area (Å²) in [5.41, 5.74) is 0.556. The highest BCUT2D eigenvalue weighted by Crippen LogP contribution is 2.33. The number of rotatable bonds is 9. The molecule has 1 atom stereocenters. The van der Waals surface area contributed by atoms with E-state index >= 15 is 0 Å². The fourth-order valence-corrected chi connectivity index (χ4v) is 3.82. The average molecular weight is 411 g/mol. The summed E-state index contributed by atoms with van der Waals surface area (Å²) in [6, 6.07) is 5.57.